The lowest BCUT2D eigenvalue weighted by Crippen LogP contribution is -2.58. The van der Waals surface area contributed by atoms with Gasteiger partial charge in [-0.25, -0.2) is 8.78 Å². The Balaban J connectivity index is 2.44. The minimum atomic E-state index is -6.19. The van der Waals surface area contributed by atoms with Gasteiger partial charge in [-0.15, -0.1) is 0 Å². The van der Waals surface area contributed by atoms with Gasteiger partial charge in [0.05, 0.1) is 0 Å². The Morgan fingerprint density at radius 3 is 1.96 bits per heavy atom. The molecule has 0 spiro atoms. The van der Waals surface area contributed by atoms with E-state index in [0.29, 0.717) is 5.39 Å². The van der Waals surface area contributed by atoms with Crippen LogP contribution in [0.15, 0.2) is 42.5 Å². The Morgan fingerprint density at radius 1 is 0.783 bits per heavy atom. The second-order valence-corrected chi connectivity index (χ2v) is 5.02. The van der Waals surface area contributed by atoms with Crippen LogP contribution >= 0.6 is 0 Å². The predicted molar refractivity (Wildman–Crippen MR) is 68.5 cm³/mol. The highest BCUT2D eigenvalue weighted by Gasteiger charge is 2.74. The van der Waals surface area contributed by atoms with Gasteiger partial charge in [0, 0.05) is 6.42 Å². The molecule has 2 aromatic rings. The molecule has 0 aliphatic carbocycles. The summed E-state index contributed by atoms with van der Waals surface area (Å²) in [7, 11) is 0. The van der Waals surface area contributed by atoms with Gasteiger partial charge < -0.3 is 0 Å². The lowest BCUT2D eigenvalue weighted by atomic mass is 9.94. The van der Waals surface area contributed by atoms with E-state index in [1.807, 2.05) is 0 Å². The van der Waals surface area contributed by atoms with Crippen molar-refractivity contribution in [3.63, 3.8) is 0 Å². The minimum Gasteiger partial charge on any atom is -0.203 e. The summed E-state index contributed by atoms with van der Waals surface area (Å²) in [5.41, 5.74) is -0.335. The zero-order valence-electron chi connectivity index (χ0n) is 11.3. The van der Waals surface area contributed by atoms with Crippen LogP contribution < -0.4 is 0 Å². The first-order valence-electron chi connectivity index (χ1n) is 6.39. The first kappa shape index (κ1) is 17.5. The summed E-state index contributed by atoms with van der Waals surface area (Å²) in [6.45, 7) is 0. The zero-order chi connectivity index (χ0) is 17.5. The third-order valence-electron chi connectivity index (χ3n) is 3.44. The summed E-state index contributed by atoms with van der Waals surface area (Å²) in [5.74, 6) is -17.7. The van der Waals surface area contributed by atoms with Crippen molar-refractivity contribution < 1.29 is 35.1 Å². The molecule has 0 aromatic heterocycles. The molecule has 0 radical (unpaired) electrons. The maximum absolute atomic E-state index is 13.7. The standard InChI is InChI=1S/C15H10F8/c16-12(17)14(20,21)15(22,23)13(18,19)8-10-6-3-5-9-4-1-2-7-11(9)10/h1-7,12H,8H2. The Labute approximate surface area is 125 Å². The van der Waals surface area contributed by atoms with E-state index < -0.39 is 30.6 Å². The van der Waals surface area contributed by atoms with Gasteiger partial charge in [-0.1, -0.05) is 42.5 Å². The van der Waals surface area contributed by atoms with E-state index >= 15 is 0 Å². The molecule has 0 fully saturated rings. The molecule has 2 aromatic carbocycles. The van der Waals surface area contributed by atoms with Crippen molar-refractivity contribution in [3.8, 4) is 0 Å². The fourth-order valence-corrected chi connectivity index (χ4v) is 2.18. The number of fused-ring (bicyclic) bond motifs is 1. The Bertz CT molecular complexity index is 687. The molecule has 0 nitrogen and oxygen atoms in total. The quantitative estimate of drug-likeness (QED) is 0.625. The maximum atomic E-state index is 13.7. The average Bonchev–Trinajstić information content (AvgIpc) is 2.46. The van der Waals surface area contributed by atoms with Crippen molar-refractivity contribution in [2.75, 3.05) is 0 Å². The Hall–Kier alpha value is -1.86. The van der Waals surface area contributed by atoms with Crippen LogP contribution in [0.1, 0.15) is 5.56 Å². The van der Waals surface area contributed by atoms with Crippen LogP contribution in [0.5, 0.6) is 0 Å². The topological polar surface area (TPSA) is 0 Å². The highest BCUT2D eigenvalue weighted by molar-refractivity contribution is 5.85. The molecule has 23 heavy (non-hydrogen) atoms. The van der Waals surface area contributed by atoms with E-state index in [9.17, 15) is 35.1 Å². The molecule has 0 atom stereocenters. The lowest BCUT2D eigenvalue weighted by Gasteiger charge is -2.32. The third-order valence-corrected chi connectivity index (χ3v) is 3.44. The summed E-state index contributed by atoms with van der Waals surface area (Å²) in [5, 5.41) is 0.593. The van der Waals surface area contributed by atoms with E-state index in [2.05, 4.69) is 0 Å². The maximum Gasteiger partial charge on any atom is 0.378 e. The van der Waals surface area contributed by atoms with E-state index in [1.54, 1.807) is 6.07 Å². The smallest absolute Gasteiger partial charge is 0.203 e. The van der Waals surface area contributed by atoms with Crippen LogP contribution in [0.2, 0.25) is 0 Å². The van der Waals surface area contributed by atoms with Gasteiger partial charge in [0.2, 0.25) is 0 Å². The third kappa shape index (κ3) is 2.86. The molecule has 0 heterocycles. The summed E-state index contributed by atoms with van der Waals surface area (Å²) < 4.78 is 104. The molecule has 0 unspecified atom stereocenters. The molecule has 0 saturated carbocycles. The lowest BCUT2D eigenvalue weighted by molar-refractivity contribution is -0.337. The van der Waals surface area contributed by atoms with Gasteiger partial charge in [0.1, 0.15) is 0 Å². The fraction of sp³-hybridized carbons (Fsp3) is 0.333. The van der Waals surface area contributed by atoms with Gasteiger partial charge >= 0.3 is 24.2 Å². The second-order valence-electron chi connectivity index (χ2n) is 5.02. The Morgan fingerprint density at radius 2 is 1.35 bits per heavy atom. The van der Waals surface area contributed by atoms with E-state index in [4.69, 9.17) is 0 Å². The van der Waals surface area contributed by atoms with Gasteiger partial charge in [-0.05, 0) is 16.3 Å². The van der Waals surface area contributed by atoms with Crippen LogP contribution in [-0.4, -0.2) is 24.2 Å². The van der Waals surface area contributed by atoms with E-state index in [-0.39, 0.29) is 10.9 Å². The van der Waals surface area contributed by atoms with Crippen molar-refractivity contribution in [2.24, 2.45) is 0 Å². The first-order chi connectivity index (χ1) is 10.5. The van der Waals surface area contributed by atoms with Crippen molar-refractivity contribution >= 4 is 10.8 Å². The Kier molecular flexibility index (Phi) is 4.30. The molecule has 0 aliphatic heterocycles. The molecule has 8 heteroatoms. The molecular weight excluding hydrogens is 332 g/mol. The van der Waals surface area contributed by atoms with Crippen molar-refractivity contribution in [1.82, 2.24) is 0 Å². The van der Waals surface area contributed by atoms with Gasteiger partial charge in [0.25, 0.3) is 0 Å². The number of hydrogen-bond acceptors (Lipinski definition) is 0. The largest absolute Gasteiger partial charge is 0.378 e. The highest BCUT2D eigenvalue weighted by atomic mass is 19.4. The molecule has 126 valence electrons. The first-order valence-corrected chi connectivity index (χ1v) is 6.39. The van der Waals surface area contributed by atoms with Gasteiger partial charge in [-0.2, -0.15) is 26.3 Å². The molecule has 0 amide bonds. The molecule has 0 bridgehead atoms. The second kappa shape index (κ2) is 5.65. The van der Waals surface area contributed by atoms with Crippen LogP contribution in [0.25, 0.3) is 10.8 Å². The normalized spacial score (nSPS) is 13.8. The van der Waals surface area contributed by atoms with Crippen LogP contribution in [0.3, 0.4) is 0 Å². The minimum absolute atomic E-state index is 0.158. The summed E-state index contributed by atoms with van der Waals surface area (Å²) in [6.07, 6.45) is -6.69. The average molecular weight is 342 g/mol. The number of alkyl halides is 8. The van der Waals surface area contributed by atoms with Crippen LogP contribution in [0.4, 0.5) is 35.1 Å². The van der Waals surface area contributed by atoms with Crippen molar-refractivity contribution in [1.29, 1.82) is 0 Å². The summed E-state index contributed by atoms with van der Waals surface area (Å²) in [6, 6.07) is 9.76. The van der Waals surface area contributed by atoms with E-state index in [0.717, 1.165) is 6.07 Å². The number of hydrogen-bond donors (Lipinski definition) is 0. The highest BCUT2D eigenvalue weighted by Crippen LogP contribution is 2.50. The van der Waals surface area contributed by atoms with Crippen molar-refractivity contribution in [3.05, 3.63) is 48.0 Å². The molecule has 0 aliphatic rings. The van der Waals surface area contributed by atoms with Crippen molar-refractivity contribution in [2.45, 2.75) is 30.6 Å². The molecular formula is C15H10F8. The van der Waals surface area contributed by atoms with Gasteiger partial charge in [-0.3, -0.25) is 0 Å². The summed E-state index contributed by atoms with van der Waals surface area (Å²) in [4.78, 5) is 0. The zero-order valence-corrected chi connectivity index (χ0v) is 11.3. The molecule has 2 rings (SSSR count). The SMILES string of the molecule is FC(F)C(F)(F)C(F)(F)C(F)(F)Cc1cccc2ccccc12. The monoisotopic (exact) mass is 342 g/mol. The van der Waals surface area contributed by atoms with Crippen LogP contribution in [0, 0.1) is 0 Å². The summed E-state index contributed by atoms with van der Waals surface area (Å²) >= 11 is 0. The number of halogens is 8. The molecule has 0 saturated heterocycles. The number of benzene rings is 2. The van der Waals surface area contributed by atoms with Crippen LogP contribution in [-0.2, 0) is 6.42 Å². The van der Waals surface area contributed by atoms with Gasteiger partial charge in [0.15, 0.2) is 0 Å². The number of rotatable bonds is 5. The fourth-order valence-electron chi connectivity index (χ4n) is 2.18. The van der Waals surface area contributed by atoms with E-state index in [1.165, 1.54) is 30.3 Å². The predicted octanol–water partition coefficient (Wildman–Crippen LogP) is 5.55. The molecule has 0 N–H and O–H groups in total.